The molecule has 30 heavy (non-hydrogen) atoms. The van der Waals surface area contributed by atoms with Crippen molar-refractivity contribution in [1.29, 1.82) is 0 Å². The highest BCUT2D eigenvalue weighted by molar-refractivity contribution is 7.80. The van der Waals surface area contributed by atoms with Crippen LogP contribution in [0.5, 0.6) is 0 Å². The first-order valence-electron chi connectivity index (χ1n) is 9.81. The average Bonchev–Trinajstić information content (AvgIpc) is 2.73. The van der Waals surface area contributed by atoms with Gasteiger partial charge in [0.1, 0.15) is 0 Å². The molecule has 4 N–H and O–H groups in total. The van der Waals surface area contributed by atoms with E-state index in [0.717, 1.165) is 12.8 Å². The van der Waals surface area contributed by atoms with Gasteiger partial charge < -0.3 is 15.4 Å². The summed E-state index contributed by atoms with van der Waals surface area (Å²) in [5.74, 6) is -1.48. The SMILES string of the molecule is CCCCC(=O)Nc1ccc(C(=O)NNC(=S)NC(=O)CCC(=O)OCCC)cc1. The third kappa shape index (κ3) is 10.5. The standard InChI is InChI=1S/C20H28N4O5S/c1-3-5-6-16(25)21-15-9-7-14(8-10-15)19(28)23-24-20(30)22-17(26)11-12-18(27)29-13-4-2/h7-10H,3-6,11-13H2,1-2H3,(H,21,25)(H,23,28)(H2,22,24,26,30). The zero-order valence-corrected chi connectivity index (χ0v) is 18.0. The first-order valence-corrected chi connectivity index (χ1v) is 10.2. The van der Waals surface area contributed by atoms with Gasteiger partial charge in [-0.3, -0.25) is 30.0 Å². The number of hydrogen-bond acceptors (Lipinski definition) is 6. The van der Waals surface area contributed by atoms with Gasteiger partial charge in [-0.15, -0.1) is 0 Å². The number of rotatable bonds is 10. The maximum absolute atomic E-state index is 12.1. The van der Waals surface area contributed by atoms with Crippen LogP contribution in [0.2, 0.25) is 0 Å². The van der Waals surface area contributed by atoms with E-state index >= 15 is 0 Å². The number of thiocarbonyl (C=S) groups is 1. The van der Waals surface area contributed by atoms with Crippen molar-refractivity contribution >= 4 is 46.7 Å². The smallest absolute Gasteiger partial charge is 0.306 e. The van der Waals surface area contributed by atoms with Crippen molar-refractivity contribution in [2.45, 2.75) is 52.4 Å². The predicted octanol–water partition coefficient (Wildman–Crippen LogP) is 2.18. The molecule has 0 bridgehead atoms. The Hall–Kier alpha value is -3.01. The quantitative estimate of drug-likeness (QED) is 0.252. The Morgan fingerprint density at radius 1 is 0.900 bits per heavy atom. The van der Waals surface area contributed by atoms with Crippen LogP contribution < -0.4 is 21.5 Å². The maximum atomic E-state index is 12.1. The van der Waals surface area contributed by atoms with Crippen molar-refractivity contribution < 1.29 is 23.9 Å². The highest BCUT2D eigenvalue weighted by Gasteiger charge is 2.11. The summed E-state index contributed by atoms with van der Waals surface area (Å²) in [5, 5.41) is 5.01. The Labute approximate surface area is 181 Å². The molecule has 0 saturated carbocycles. The van der Waals surface area contributed by atoms with Gasteiger partial charge in [0.15, 0.2) is 5.11 Å². The van der Waals surface area contributed by atoms with Gasteiger partial charge in [-0.25, -0.2) is 0 Å². The molecule has 0 aromatic heterocycles. The molecule has 0 fully saturated rings. The molecule has 0 heterocycles. The average molecular weight is 437 g/mol. The monoisotopic (exact) mass is 436 g/mol. The van der Waals surface area contributed by atoms with Crippen molar-refractivity contribution in [2.24, 2.45) is 0 Å². The van der Waals surface area contributed by atoms with Crippen LogP contribution in [-0.4, -0.2) is 35.4 Å². The van der Waals surface area contributed by atoms with Crippen molar-refractivity contribution in [1.82, 2.24) is 16.2 Å². The minimum absolute atomic E-state index is 0.0534. The molecular weight excluding hydrogens is 408 g/mol. The van der Waals surface area contributed by atoms with Crippen molar-refractivity contribution in [3.8, 4) is 0 Å². The number of hydrogen-bond donors (Lipinski definition) is 4. The van der Waals surface area contributed by atoms with Crippen LogP contribution in [0.4, 0.5) is 5.69 Å². The Balaban J connectivity index is 2.35. The number of unbranched alkanes of at least 4 members (excludes halogenated alkanes) is 1. The van der Waals surface area contributed by atoms with E-state index in [9.17, 15) is 19.2 Å². The van der Waals surface area contributed by atoms with Gasteiger partial charge in [-0.05, 0) is 49.3 Å². The van der Waals surface area contributed by atoms with E-state index < -0.39 is 17.8 Å². The lowest BCUT2D eigenvalue weighted by atomic mass is 10.2. The molecule has 0 aliphatic carbocycles. The second-order valence-corrected chi connectivity index (χ2v) is 6.81. The second-order valence-electron chi connectivity index (χ2n) is 6.41. The zero-order valence-electron chi connectivity index (χ0n) is 17.2. The number of carbonyl (C=O) groups excluding carboxylic acids is 4. The van der Waals surface area contributed by atoms with E-state index in [1.165, 1.54) is 0 Å². The molecule has 0 atom stereocenters. The van der Waals surface area contributed by atoms with Crippen LogP contribution in [0.25, 0.3) is 0 Å². The Bertz CT molecular complexity index is 752. The molecule has 10 heteroatoms. The summed E-state index contributed by atoms with van der Waals surface area (Å²) in [5.41, 5.74) is 5.71. The summed E-state index contributed by atoms with van der Waals surface area (Å²) in [6.07, 6.45) is 2.78. The number of benzene rings is 1. The number of carbonyl (C=O) groups is 4. The lowest BCUT2D eigenvalue weighted by molar-refractivity contribution is -0.144. The highest BCUT2D eigenvalue weighted by atomic mass is 32.1. The number of amides is 3. The fourth-order valence-electron chi connectivity index (χ4n) is 2.18. The summed E-state index contributed by atoms with van der Waals surface area (Å²) in [6, 6.07) is 6.35. The molecule has 0 radical (unpaired) electrons. The minimum atomic E-state index is -0.474. The lowest BCUT2D eigenvalue weighted by Crippen LogP contribution is -2.48. The molecule has 0 spiro atoms. The Kier molecular flexibility index (Phi) is 11.7. The first-order chi connectivity index (χ1) is 14.3. The van der Waals surface area contributed by atoms with Crippen LogP contribution in [0.15, 0.2) is 24.3 Å². The van der Waals surface area contributed by atoms with Gasteiger partial charge in [-0.2, -0.15) is 0 Å². The minimum Gasteiger partial charge on any atom is -0.466 e. The summed E-state index contributed by atoms with van der Waals surface area (Å²) < 4.78 is 4.87. The van der Waals surface area contributed by atoms with Crippen LogP contribution in [0.3, 0.4) is 0 Å². The molecule has 1 aromatic carbocycles. The zero-order chi connectivity index (χ0) is 22.4. The van der Waals surface area contributed by atoms with Gasteiger partial charge in [0.25, 0.3) is 5.91 Å². The van der Waals surface area contributed by atoms with E-state index in [-0.39, 0.29) is 23.9 Å². The molecular formula is C20H28N4O5S. The summed E-state index contributed by atoms with van der Waals surface area (Å²) in [6.45, 7) is 4.20. The van der Waals surface area contributed by atoms with Crippen LogP contribution in [0.1, 0.15) is 62.7 Å². The van der Waals surface area contributed by atoms with Crippen LogP contribution >= 0.6 is 12.2 Å². The molecule has 0 unspecified atom stereocenters. The lowest BCUT2D eigenvalue weighted by Gasteiger charge is -2.11. The Morgan fingerprint density at radius 2 is 1.60 bits per heavy atom. The van der Waals surface area contributed by atoms with E-state index in [4.69, 9.17) is 17.0 Å². The third-order valence-electron chi connectivity index (χ3n) is 3.75. The van der Waals surface area contributed by atoms with E-state index in [1.807, 2.05) is 13.8 Å². The molecule has 1 aromatic rings. The summed E-state index contributed by atoms with van der Waals surface area (Å²) in [4.78, 5) is 46.9. The summed E-state index contributed by atoms with van der Waals surface area (Å²) >= 11 is 4.93. The normalized spacial score (nSPS) is 9.93. The molecule has 0 saturated heterocycles. The van der Waals surface area contributed by atoms with E-state index in [1.54, 1.807) is 24.3 Å². The van der Waals surface area contributed by atoms with Gasteiger partial charge in [-0.1, -0.05) is 20.3 Å². The molecule has 1 rings (SSSR count). The second kappa shape index (κ2) is 14.0. The number of nitrogens with one attached hydrogen (secondary N) is 4. The van der Waals surface area contributed by atoms with Crippen molar-refractivity contribution in [3.63, 3.8) is 0 Å². The number of anilines is 1. The van der Waals surface area contributed by atoms with Crippen LogP contribution in [-0.2, 0) is 19.1 Å². The fraction of sp³-hybridized carbons (Fsp3) is 0.450. The van der Waals surface area contributed by atoms with E-state index in [2.05, 4.69) is 21.5 Å². The molecule has 164 valence electrons. The molecule has 0 aliphatic rings. The molecule has 0 aliphatic heterocycles. The number of hydrazine groups is 1. The van der Waals surface area contributed by atoms with E-state index in [0.29, 0.717) is 30.7 Å². The maximum Gasteiger partial charge on any atom is 0.306 e. The van der Waals surface area contributed by atoms with Gasteiger partial charge in [0.05, 0.1) is 13.0 Å². The first kappa shape index (κ1) is 25.0. The third-order valence-corrected chi connectivity index (χ3v) is 3.96. The van der Waals surface area contributed by atoms with Gasteiger partial charge in [0.2, 0.25) is 11.8 Å². The van der Waals surface area contributed by atoms with Gasteiger partial charge >= 0.3 is 5.97 Å². The topological polar surface area (TPSA) is 126 Å². The summed E-state index contributed by atoms with van der Waals surface area (Å²) in [7, 11) is 0. The number of ether oxygens (including phenoxy) is 1. The number of esters is 1. The highest BCUT2D eigenvalue weighted by Crippen LogP contribution is 2.10. The largest absolute Gasteiger partial charge is 0.466 e. The molecule has 9 nitrogen and oxygen atoms in total. The predicted molar refractivity (Wildman–Crippen MR) is 116 cm³/mol. The Morgan fingerprint density at radius 3 is 2.23 bits per heavy atom. The van der Waals surface area contributed by atoms with Crippen molar-refractivity contribution in [2.75, 3.05) is 11.9 Å². The van der Waals surface area contributed by atoms with Gasteiger partial charge in [0, 0.05) is 24.1 Å². The fourth-order valence-corrected chi connectivity index (χ4v) is 2.34. The van der Waals surface area contributed by atoms with Crippen molar-refractivity contribution in [3.05, 3.63) is 29.8 Å². The van der Waals surface area contributed by atoms with Crippen LogP contribution in [0, 0.1) is 0 Å². The molecule has 3 amide bonds.